The van der Waals surface area contributed by atoms with Crippen molar-refractivity contribution in [3.63, 3.8) is 0 Å². The summed E-state index contributed by atoms with van der Waals surface area (Å²) in [6.07, 6.45) is 2.55. The summed E-state index contributed by atoms with van der Waals surface area (Å²) in [5.74, 6) is 0.316. The Balaban J connectivity index is 1.50. The van der Waals surface area contributed by atoms with Crippen LogP contribution >= 0.6 is 0 Å². The molecular formula is C23H28N4O3S. The minimum Gasteiger partial charge on any atom is -0.295 e. The van der Waals surface area contributed by atoms with E-state index < -0.39 is 10.0 Å². The first-order valence-corrected chi connectivity index (χ1v) is 12.4. The van der Waals surface area contributed by atoms with E-state index >= 15 is 0 Å². The van der Waals surface area contributed by atoms with E-state index in [0.717, 1.165) is 23.1 Å². The SMILES string of the molecule is CCCCS(=O)(=O)N1CCC(C(=O)Nc2nc3ccccc3n2-c2ccccc2)CC1. The molecule has 8 heteroatoms. The fraction of sp³-hybridized carbons (Fsp3) is 0.391. The molecule has 0 spiro atoms. The number of rotatable bonds is 7. The molecule has 2 aromatic carbocycles. The summed E-state index contributed by atoms with van der Waals surface area (Å²) in [5, 5.41) is 3.00. The molecule has 1 aliphatic rings. The van der Waals surface area contributed by atoms with E-state index in [0.29, 0.717) is 38.3 Å². The Bertz CT molecular complexity index is 1150. The van der Waals surface area contributed by atoms with Crippen LogP contribution in [0.1, 0.15) is 32.6 Å². The summed E-state index contributed by atoms with van der Waals surface area (Å²) < 4.78 is 28.3. The van der Waals surface area contributed by atoms with Crippen molar-refractivity contribution in [2.24, 2.45) is 5.92 Å². The number of carbonyl (C=O) groups is 1. The largest absolute Gasteiger partial charge is 0.295 e. The third kappa shape index (κ3) is 4.65. The number of para-hydroxylation sites is 3. The highest BCUT2D eigenvalue weighted by Crippen LogP contribution is 2.27. The van der Waals surface area contributed by atoms with Crippen LogP contribution in [-0.2, 0) is 14.8 Å². The molecular weight excluding hydrogens is 412 g/mol. The standard InChI is InChI=1S/C23H28N4O3S/c1-2-3-17-31(29,30)26-15-13-18(14-16-26)22(28)25-23-24-20-11-7-8-12-21(20)27(23)19-9-5-4-6-10-19/h4-12,18H,2-3,13-17H2,1H3,(H,24,25,28). The first kappa shape index (κ1) is 21.5. The van der Waals surface area contributed by atoms with Crippen LogP contribution < -0.4 is 5.32 Å². The van der Waals surface area contributed by atoms with Gasteiger partial charge in [-0.3, -0.25) is 14.7 Å². The molecule has 7 nitrogen and oxygen atoms in total. The van der Waals surface area contributed by atoms with Crippen LogP contribution in [0.2, 0.25) is 0 Å². The van der Waals surface area contributed by atoms with Gasteiger partial charge in [-0.2, -0.15) is 0 Å². The lowest BCUT2D eigenvalue weighted by Gasteiger charge is -2.30. The number of sulfonamides is 1. The predicted octanol–water partition coefficient (Wildman–Crippen LogP) is 3.81. The van der Waals surface area contributed by atoms with Crippen molar-refractivity contribution in [1.82, 2.24) is 13.9 Å². The van der Waals surface area contributed by atoms with Crippen LogP contribution in [0.15, 0.2) is 54.6 Å². The molecule has 1 amide bonds. The van der Waals surface area contributed by atoms with Crippen LogP contribution in [-0.4, -0.2) is 47.0 Å². The van der Waals surface area contributed by atoms with Crippen LogP contribution in [0.5, 0.6) is 0 Å². The minimum atomic E-state index is -3.23. The third-order valence-corrected chi connectivity index (χ3v) is 7.74. The Morgan fingerprint density at radius 1 is 1.06 bits per heavy atom. The Hall–Kier alpha value is -2.71. The minimum absolute atomic E-state index is 0.113. The fourth-order valence-electron chi connectivity index (χ4n) is 4.01. The van der Waals surface area contributed by atoms with Crippen molar-refractivity contribution in [3.8, 4) is 5.69 Å². The second kappa shape index (κ2) is 9.20. The lowest BCUT2D eigenvalue weighted by atomic mass is 9.97. The number of imidazole rings is 1. The number of hydrogen-bond acceptors (Lipinski definition) is 4. The van der Waals surface area contributed by atoms with Gasteiger partial charge in [-0.25, -0.2) is 17.7 Å². The molecule has 0 unspecified atom stereocenters. The Kier molecular flexibility index (Phi) is 6.38. The third-order valence-electron chi connectivity index (χ3n) is 5.78. The van der Waals surface area contributed by atoms with Gasteiger partial charge in [-0.1, -0.05) is 43.7 Å². The highest BCUT2D eigenvalue weighted by Gasteiger charge is 2.31. The molecule has 1 saturated heterocycles. The van der Waals surface area contributed by atoms with Crippen LogP contribution in [0, 0.1) is 5.92 Å². The van der Waals surface area contributed by atoms with Gasteiger partial charge >= 0.3 is 0 Å². The van der Waals surface area contributed by atoms with E-state index in [1.165, 1.54) is 4.31 Å². The van der Waals surface area contributed by atoms with Gasteiger partial charge in [0.25, 0.3) is 0 Å². The Morgan fingerprint density at radius 2 is 1.74 bits per heavy atom. The van der Waals surface area contributed by atoms with Gasteiger partial charge in [0.1, 0.15) is 0 Å². The number of benzene rings is 2. The van der Waals surface area contributed by atoms with E-state index in [2.05, 4.69) is 10.3 Å². The van der Waals surface area contributed by atoms with Crippen LogP contribution in [0.25, 0.3) is 16.7 Å². The monoisotopic (exact) mass is 440 g/mol. The van der Waals surface area contributed by atoms with E-state index in [4.69, 9.17) is 0 Å². The number of aromatic nitrogens is 2. The van der Waals surface area contributed by atoms with Crippen LogP contribution in [0.4, 0.5) is 5.95 Å². The van der Waals surface area contributed by atoms with Crippen molar-refractivity contribution < 1.29 is 13.2 Å². The number of anilines is 1. The van der Waals surface area contributed by atoms with E-state index in [1.807, 2.05) is 66.1 Å². The number of amides is 1. The zero-order valence-corrected chi connectivity index (χ0v) is 18.5. The number of nitrogens with zero attached hydrogens (tertiary/aromatic N) is 3. The van der Waals surface area contributed by atoms with Gasteiger partial charge in [-0.15, -0.1) is 0 Å². The van der Waals surface area contributed by atoms with Gasteiger partial charge in [0, 0.05) is 24.7 Å². The maximum Gasteiger partial charge on any atom is 0.229 e. The van der Waals surface area contributed by atoms with Gasteiger partial charge < -0.3 is 0 Å². The second-order valence-electron chi connectivity index (χ2n) is 7.93. The Labute approximate surface area is 183 Å². The molecule has 0 bridgehead atoms. The molecule has 1 aliphatic heterocycles. The Morgan fingerprint density at radius 3 is 2.45 bits per heavy atom. The molecule has 164 valence electrons. The number of nitrogens with one attached hydrogen (secondary N) is 1. The lowest BCUT2D eigenvalue weighted by Crippen LogP contribution is -2.42. The smallest absolute Gasteiger partial charge is 0.229 e. The highest BCUT2D eigenvalue weighted by atomic mass is 32.2. The summed E-state index contributed by atoms with van der Waals surface area (Å²) in [6.45, 7) is 2.76. The van der Waals surface area contributed by atoms with Gasteiger partial charge in [-0.05, 0) is 43.5 Å². The van der Waals surface area contributed by atoms with Crippen molar-refractivity contribution in [2.45, 2.75) is 32.6 Å². The van der Waals surface area contributed by atoms with Gasteiger partial charge in [0.2, 0.25) is 21.9 Å². The molecule has 1 aromatic heterocycles. The fourth-order valence-corrected chi connectivity index (χ4v) is 5.69. The zero-order chi connectivity index (χ0) is 21.8. The molecule has 3 aromatic rings. The van der Waals surface area contributed by atoms with Gasteiger partial charge in [0.05, 0.1) is 16.8 Å². The van der Waals surface area contributed by atoms with Crippen LogP contribution in [0.3, 0.4) is 0 Å². The topological polar surface area (TPSA) is 84.3 Å². The van der Waals surface area contributed by atoms with Crippen molar-refractivity contribution >= 4 is 32.9 Å². The molecule has 4 rings (SSSR count). The number of fused-ring (bicyclic) bond motifs is 1. The summed E-state index contributed by atoms with van der Waals surface area (Å²) in [5.41, 5.74) is 2.64. The quantitative estimate of drug-likeness (QED) is 0.606. The van der Waals surface area contributed by atoms with E-state index in [1.54, 1.807) is 0 Å². The predicted molar refractivity (Wildman–Crippen MR) is 123 cm³/mol. The average molecular weight is 441 g/mol. The first-order chi connectivity index (χ1) is 15.0. The molecule has 0 radical (unpaired) electrons. The number of carbonyl (C=O) groups excluding carboxylic acids is 1. The number of piperidine rings is 1. The molecule has 0 saturated carbocycles. The van der Waals surface area contributed by atoms with Crippen molar-refractivity contribution in [3.05, 3.63) is 54.6 Å². The number of hydrogen-bond donors (Lipinski definition) is 1. The second-order valence-corrected chi connectivity index (χ2v) is 10.0. The van der Waals surface area contributed by atoms with E-state index in [9.17, 15) is 13.2 Å². The van der Waals surface area contributed by atoms with Crippen molar-refractivity contribution in [1.29, 1.82) is 0 Å². The molecule has 31 heavy (non-hydrogen) atoms. The molecule has 0 aliphatic carbocycles. The lowest BCUT2D eigenvalue weighted by molar-refractivity contribution is -0.121. The summed E-state index contributed by atoms with van der Waals surface area (Å²) in [4.78, 5) is 17.7. The van der Waals surface area contributed by atoms with E-state index in [-0.39, 0.29) is 17.6 Å². The van der Waals surface area contributed by atoms with Crippen molar-refractivity contribution in [2.75, 3.05) is 24.2 Å². The van der Waals surface area contributed by atoms with Gasteiger partial charge in [0.15, 0.2) is 0 Å². The zero-order valence-electron chi connectivity index (χ0n) is 17.7. The molecule has 0 atom stereocenters. The normalized spacial score (nSPS) is 15.9. The number of unbranched alkanes of at least 4 members (excludes halogenated alkanes) is 1. The summed E-state index contributed by atoms with van der Waals surface area (Å²) in [6, 6.07) is 17.6. The maximum atomic E-state index is 13.0. The molecule has 1 N–H and O–H groups in total. The highest BCUT2D eigenvalue weighted by molar-refractivity contribution is 7.89. The molecule has 2 heterocycles. The maximum absolute atomic E-state index is 13.0. The average Bonchev–Trinajstić information content (AvgIpc) is 3.16. The summed E-state index contributed by atoms with van der Waals surface area (Å²) in [7, 11) is -3.23. The summed E-state index contributed by atoms with van der Waals surface area (Å²) >= 11 is 0. The first-order valence-electron chi connectivity index (χ1n) is 10.8. The molecule has 1 fully saturated rings.